The van der Waals surface area contributed by atoms with E-state index in [1.807, 2.05) is 6.92 Å². The number of likely N-dealkylation sites (tertiary alicyclic amines) is 1. The number of ether oxygens (including phenoxy) is 2. The average molecular weight is 461 g/mol. The second-order valence-corrected chi connectivity index (χ2v) is 7.76. The van der Waals surface area contributed by atoms with E-state index in [0.29, 0.717) is 54.6 Å². The van der Waals surface area contributed by atoms with Crippen molar-refractivity contribution >= 4 is 29.5 Å². The van der Waals surface area contributed by atoms with Gasteiger partial charge in [-0.2, -0.15) is 0 Å². The van der Waals surface area contributed by atoms with E-state index in [4.69, 9.17) is 21.1 Å². The molecule has 3 rings (SSSR count). The molecule has 2 aromatic rings. The van der Waals surface area contributed by atoms with E-state index in [2.05, 4.69) is 5.32 Å². The van der Waals surface area contributed by atoms with Crippen molar-refractivity contribution in [3.8, 4) is 11.5 Å². The number of benzene rings is 2. The van der Waals surface area contributed by atoms with Crippen molar-refractivity contribution in [3.05, 3.63) is 64.4 Å². The van der Waals surface area contributed by atoms with Crippen LogP contribution in [0.1, 0.15) is 35.7 Å². The standard InChI is InChI=1S/C24H26ClFN2O4/c1-3-32-21-15-16(14-19(25)23(21)31-2)8-9-22(29)27-17-10-12-28(13-11-17)24(30)18-6-4-5-7-20(18)26/h4-9,14-15,17H,3,10-13H2,1-2H3,(H,27,29)/b9-8+. The maximum atomic E-state index is 13.9. The monoisotopic (exact) mass is 460 g/mol. The van der Waals surface area contributed by atoms with Gasteiger partial charge in [0.15, 0.2) is 11.5 Å². The number of halogens is 2. The molecule has 1 saturated heterocycles. The molecule has 1 aliphatic rings. The van der Waals surface area contributed by atoms with E-state index in [1.54, 1.807) is 35.2 Å². The van der Waals surface area contributed by atoms with Crippen molar-refractivity contribution in [2.45, 2.75) is 25.8 Å². The fourth-order valence-corrected chi connectivity index (χ4v) is 3.89. The minimum Gasteiger partial charge on any atom is -0.491 e. The molecule has 0 bridgehead atoms. The summed E-state index contributed by atoms with van der Waals surface area (Å²) in [5, 5.41) is 3.34. The number of nitrogens with one attached hydrogen (secondary N) is 1. The number of rotatable bonds is 7. The molecule has 2 aromatic carbocycles. The van der Waals surface area contributed by atoms with Gasteiger partial charge in [-0.1, -0.05) is 23.7 Å². The van der Waals surface area contributed by atoms with Crippen LogP contribution in [-0.4, -0.2) is 49.6 Å². The van der Waals surface area contributed by atoms with Crippen molar-refractivity contribution in [2.24, 2.45) is 0 Å². The van der Waals surface area contributed by atoms with Crippen LogP contribution in [0.3, 0.4) is 0 Å². The van der Waals surface area contributed by atoms with Gasteiger partial charge >= 0.3 is 0 Å². The zero-order valence-corrected chi connectivity index (χ0v) is 18.8. The number of hydrogen-bond donors (Lipinski definition) is 1. The summed E-state index contributed by atoms with van der Waals surface area (Å²) in [6.45, 7) is 3.22. The van der Waals surface area contributed by atoms with E-state index >= 15 is 0 Å². The van der Waals surface area contributed by atoms with Gasteiger partial charge in [0.25, 0.3) is 5.91 Å². The highest BCUT2D eigenvalue weighted by molar-refractivity contribution is 6.32. The molecule has 0 aromatic heterocycles. The molecule has 170 valence electrons. The zero-order valence-electron chi connectivity index (χ0n) is 18.1. The van der Waals surface area contributed by atoms with Crippen molar-refractivity contribution < 1.29 is 23.5 Å². The first-order valence-electron chi connectivity index (χ1n) is 10.5. The third-order valence-electron chi connectivity index (χ3n) is 5.20. The van der Waals surface area contributed by atoms with E-state index in [-0.39, 0.29) is 23.4 Å². The maximum absolute atomic E-state index is 13.9. The van der Waals surface area contributed by atoms with E-state index in [1.165, 1.54) is 25.3 Å². The Kier molecular flexibility index (Phi) is 8.11. The SMILES string of the molecule is CCOc1cc(/C=C/C(=O)NC2CCN(C(=O)c3ccccc3F)CC2)cc(Cl)c1OC. The molecule has 0 aliphatic carbocycles. The van der Waals surface area contributed by atoms with E-state index in [0.717, 1.165) is 0 Å². The quantitative estimate of drug-likeness (QED) is 0.625. The predicted molar refractivity (Wildman–Crippen MR) is 122 cm³/mol. The van der Waals surface area contributed by atoms with Crippen LogP contribution in [0.15, 0.2) is 42.5 Å². The van der Waals surface area contributed by atoms with Crippen LogP contribution in [0.4, 0.5) is 4.39 Å². The van der Waals surface area contributed by atoms with Gasteiger partial charge in [0.1, 0.15) is 5.82 Å². The molecule has 1 fully saturated rings. The Morgan fingerprint density at radius 3 is 2.62 bits per heavy atom. The van der Waals surface area contributed by atoms with Crippen molar-refractivity contribution in [1.82, 2.24) is 10.2 Å². The third kappa shape index (κ3) is 5.79. The zero-order chi connectivity index (χ0) is 23.1. The average Bonchev–Trinajstić information content (AvgIpc) is 2.78. The third-order valence-corrected chi connectivity index (χ3v) is 5.48. The lowest BCUT2D eigenvalue weighted by atomic mass is 10.0. The molecule has 0 spiro atoms. The first-order valence-corrected chi connectivity index (χ1v) is 10.8. The fraction of sp³-hybridized carbons (Fsp3) is 0.333. The summed E-state index contributed by atoms with van der Waals surface area (Å²) in [5.41, 5.74) is 0.780. The Bertz CT molecular complexity index is 1000. The van der Waals surface area contributed by atoms with E-state index in [9.17, 15) is 14.0 Å². The molecule has 2 amide bonds. The van der Waals surface area contributed by atoms with Crippen LogP contribution < -0.4 is 14.8 Å². The summed E-state index contributed by atoms with van der Waals surface area (Å²) >= 11 is 6.24. The lowest BCUT2D eigenvalue weighted by molar-refractivity contribution is -0.117. The lowest BCUT2D eigenvalue weighted by Crippen LogP contribution is -2.46. The second kappa shape index (κ2) is 11.0. The van der Waals surface area contributed by atoms with Gasteiger partial charge in [-0.3, -0.25) is 9.59 Å². The molecular formula is C24H26ClFN2O4. The van der Waals surface area contributed by atoms with Crippen molar-refractivity contribution in [2.75, 3.05) is 26.8 Å². The van der Waals surface area contributed by atoms with Crippen LogP contribution in [0, 0.1) is 5.82 Å². The number of carbonyl (C=O) groups is 2. The Morgan fingerprint density at radius 1 is 1.25 bits per heavy atom. The molecular weight excluding hydrogens is 435 g/mol. The van der Waals surface area contributed by atoms with Gasteiger partial charge < -0.3 is 19.7 Å². The number of piperidine rings is 1. The molecule has 6 nitrogen and oxygen atoms in total. The van der Waals surface area contributed by atoms with Crippen LogP contribution in [0.2, 0.25) is 5.02 Å². The largest absolute Gasteiger partial charge is 0.491 e. The maximum Gasteiger partial charge on any atom is 0.256 e. The van der Waals surface area contributed by atoms with Gasteiger partial charge in [0.2, 0.25) is 5.91 Å². The topological polar surface area (TPSA) is 67.9 Å². The molecule has 1 heterocycles. The molecule has 0 atom stereocenters. The first-order chi connectivity index (χ1) is 15.4. The summed E-state index contributed by atoms with van der Waals surface area (Å²) < 4.78 is 24.7. The van der Waals surface area contributed by atoms with Gasteiger partial charge in [0, 0.05) is 25.2 Å². The first kappa shape index (κ1) is 23.6. The molecule has 8 heteroatoms. The summed E-state index contributed by atoms with van der Waals surface area (Å²) in [5.74, 6) is -0.131. The molecule has 1 N–H and O–H groups in total. The van der Waals surface area contributed by atoms with Crippen LogP contribution >= 0.6 is 11.6 Å². The number of carbonyl (C=O) groups excluding carboxylic acids is 2. The van der Waals surface area contributed by atoms with Crippen LogP contribution in [0.5, 0.6) is 11.5 Å². The summed E-state index contributed by atoms with van der Waals surface area (Å²) in [6, 6.07) is 9.35. The Labute approximate surface area is 192 Å². The number of hydrogen-bond acceptors (Lipinski definition) is 4. The fourth-order valence-electron chi connectivity index (χ4n) is 3.60. The molecule has 32 heavy (non-hydrogen) atoms. The highest BCUT2D eigenvalue weighted by atomic mass is 35.5. The van der Waals surface area contributed by atoms with Gasteiger partial charge in [0.05, 0.1) is 24.3 Å². The summed E-state index contributed by atoms with van der Waals surface area (Å²) in [6.07, 6.45) is 4.29. The Hall–Kier alpha value is -3.06. The van der Waals surface area contributed by atoms with Gasteiger partial charge in [-0.05, 0) is 55.7 Å². The number of amides is 2. The molecule has 0 radical (unpaired) electrons. The predicted octanol–water partition coefficient (Wildman–Crippen LogP) is 4.32. The molecule has 0 unspecified atom stereocenters. The second-order valence-electron chi connectivity index (χ2n) is 7.36. The van der Waals surface area contributed by atoms with Crippen LogP contribution in [-0.2, 0) is 4.79 Å². The van der Waals surface area contributed by atoms with E-state index < -0.39 is 5.82 Å². The Balaban J connectivity index is 1.55. The van der Waals surface area contributed by atoms with Gasteiger partial charge in [-0.25, -0.2) is 4.39 Å². The minimum absolute atomic E-state index is 0.0599. The van der Waals surface area contributed by atoms with Crippen LogP contribution in [0.25, 0.3) is 6.08 Å². The lowest BCUT2D eigenvalue weighted by Gasteiger charge is -2.32. The highest BCUT2D eigenvalue weighted by Crippen LogP contribution is 2.36. The summed E-state index contributed by atoms with van der Waals surface area (Å²) in [7, 11) is 1.52. The number of methoxy groups -OCH3 is 1. The highest BCUT2D eigenvalue weighted by Gasteiger charge is 2.25. The number of nitrogens with zero attached hydrogens (tertiary/aromatic N) is 1. The molecule has 0 saturated carbocycles. The molecule has 1 aliphatic heterocycles. The normalized spacial score (nSPS) is 14.4. The minimum atomic E-state index is -0.524. The summed E-state index contributed by atoms with van der Waals surface area (Å²) in [4.78, 5) is 26.5. The van der Waals surface area contributed by atoms with Crippen molar-refractivity contribution in [1.29, 1.82) is 0 Å². The Morgan fingerprint density at radius 2 is 1.97 bits per heavy atom. The van der Waals surface area contributed by atoms with Gasteiger partial charge in [-0.15, -0.1) is 0 Å². The smallest absolute Gasteiger partial charge is 0.256 e. The van der Waals surface area contributed by atoms with Crippen molar-refractivity contribution in [3.63, 3.8) is 0 Å².